The van der Waals surface area contributed by atoms with Crippen LogP contribution in [0.4, 0.5) is 8.78 Å². The highest BCUT2D eigenvalue weighted by Gasteiger charge is 2.12. The van der Waals surface area contributed by atoms with Crippen LogP contribution in [0, 0.1) is 32.4 Å². The Labute approximate surface area is 118 Å². The van der Waals surface area contributed by atoms with E-state index in [-0.39, 0.29) is 6.04 Å². The van der Waals surface area contributed by atoms with Gasteiger partial charge in [0.2, 0.25) is 0 Å². The quantitative estimate of drug-likeness (QED) is 0.895. The van der Waals surface area contributed by atoms with Crippen LogP contribution in [0.3, 0.4) is 0 Å². The minimum absolute atomic E-state index is 0.223. The van der Waals surface area contributed by atoms with Crippen molar-refractivity contribution in [2.24, 2.45) is 5.73 Å². The topological polar surface area (TPSA) is 26.0 Å². The molecule has 0 aromatic heterocycles. The molecule has 1 unspecified atom stereocenters. The first-order valence-electron chi connectivity index (χ1n) is 6.65. The Morgan fingerprint density at radius 3 is 2.20 bits per heavy atom. The molecule has 0 spiro atoms. The lowest BCUT2D eigenvalue weighted by Crippen LogP contribution is -2.15. The van der Waals surface area contributed by atoms with E-state index in [1.54, 1.807) is 6.07 Å². The zero-order valence-corrected chi connectivity index (χ0v) is 12.0. The lowest BCUT2D eigenvalue weighted by Gasteiger charge is -2.17. The van der Waals surface area contributed by atoms with Crippen LogP contribution in [0.5, 0.6) is 0 Å². The van der Waals surface area contributed by atoms with Crippen LogP contribution < -0.4 is 5.73 Å². The molecule has 0 amide bonds. The van der Waals surface area contributed by atoms with Gasteiger partial charge in [-0.15, -0.1) is 0 Å². The Hall–Kier alpha value is -1.74. The van der Waals surface area contributed by atoms with Crippen LogP contribution in [0.25, 0.3) is 0 Å². The van der Waals surface area contributed by atoms with Gasteiger partial charge < -0.3 is 5.73 Å². The lowest BCUT2D eigenvalue weighted by atomic mass is 9.92. The third kappa shape index (κ3) is 3.05. The summed E-state index contributed by atoms with van der Waals surface area (Å²) in [5.41, 5.74) is 11.5. The van der Waals surface area contributed by atoms with Crippen molar-refractivity contribution in [2.75, 3.05) is 0 Å². The molecule has 0 aliphatic carbocycles. The van der Waals surface area contributed by atoms with E-state index in [1.807, 2.05) is 13.8 Å². The van der Waals surface area contributed by atoms with Crippen LogP contribution in [-0.2, 0) is 6.42 Å². The standard InChI is InChI=1S/C17H19F2N/c1-10-6-12(3)14(7-11(10)2)17(20)9-13-4-5-15(18)16(19)8-13/h4-8,17H,9,20H2,1-3H3. The number of rotatable bonds is 3. The summed E-state index contributed by atoms with van der Waals surface area (Å²) < 4.78 is 26.1. The number of benzene rings is 2. The molecule has 106 valence electrons. The largest absolute Gasteiger partial charge is 0.324 e. The second-order valence-electron chi connectivity index (χ2n) is 5.35. The Kier molecular flexibility index (Phi) is 4.19. The monoisotopic (exact) mass is 275 g/mol. The van der Waals surface area contributed by atoms with Crippen LogP contribution in [0.2, 0.25) is 0 Å². The molecule has 0 aliphatic rings. The Morgan fingerprint density at radius 2 is 1.55 bits per heavy atom. The zero-order valence-electron chi connectivity index (χ0n) is 12.0. The first kappa shape index (κ1) is 14.7. The van der Waals surface area contributed by atoms with Crippen molar-refractivity contribution in [3.05, 3.63) is 69.8 Å². The molecule has 0 radical (unpaired) electrons. The predicted octanol–water partition coefficient (Wildman–Crippen LogP) is 4.13. The minimum Gasteiger partial charge on any atom is -0.324 e. The van der Waals surface area contributed by atoms with Crippen LogP contribution in [0.15, 0.2) is 30.3 Å². The number of aryl methyl sites for hydroxylation is 3. The fourth-order valence-corrected chi connectivity index (χ4v) is 2.41. The highest BCUT2D eigenvalue weighted by Crippen LogP contribution is 2.23. The van der Waals surface area contributed by atoms with Gasteiger partial charge in [0.15, 0.2) is 11.6 Å². The van der Waals surface area contributed by atoms with Crippen molar-refractivity contribution in [3.8, 4) is 0 Å². The van der Waals surface area contributed by atoms with Gasteiger partial charge in [0, 0.05) is 6.04 Å². The highest BCUT2D eigenvalue weighted by atomic mass is 19.2. The Morgan fingerprint density at radius 1 is 0.900 bits per heavy atom. The van der Waals surface area contributed by atoms with Crippen molar-refractivity contribution in [3.63, 3.8) is 0 Å². The normalized spacial score (nSPS) is 12.5. The maximum absolute atomic E-state index is 13.2. The summed E-state index contributed by atoms with van der Waals surface area (Å²) in [6, 6.07) is 7.90. The molecule has 1 nitrogen and oxygen atoms in total. The van der Waals surface area contributed by atoms with Crippen LogP contribution >= 0.6 is 0 Å². The Balaban J connectivity index is 2.25. The molecule has 0 saturated heterocycles. The Bertz CT molecular complexity index is 635. The van der Waals surface area contributed by atoms with E-state index in [0.29, 0.717) is 12.0 Å². The van der Waals surface area contributed by atoms with Crippen molar-refractivity contribution in [2.45, 2.75) is 33.2 Å². The van der Waals surface area contributed by atoms with Gasteiger partial charge in [0.25, 0.3) is 0 Å². The maximum atomic E-state index is 13.2. The summed E-state index contributed by atoms with van der Waals surface area (Å²) in [6.07, 6.45) is 0.487. The van der Waals surface area contributed by atoms with Gasteiger partial charge in [-0.3, -0.25) is 0 Å². The molecule has 2 aromatic rings. The van der Waals surface area contributed by atoms with Crippen molar-refractivity contribution >= 4 is 0 Å². The SMILES string of the molecule is Cc1cc(C)c(C(N)Cc2ccc(F)c(F)c2)cc1C. The van der Waals surface area contributed by atoms with Gasteiger partial charge in [0.1, 0.15) is 0 Å². The summed E-state index contributed by atoms with van der Waals surface area (Å²) in [4.78, 5) is 0. The first-order valence-corrected chi connectivity index (χ1v) is 6.65. The molecule has 0 bridgehead atoms. The van der Waals surface area contributed by atoms with Crippen LogP contribution in [-0.4, -0.2) is 0 Å². The lowest BCUT2D eigenvalue weighted by molar-refractivity contribution is 0.506. The average Bonchev–Trinajstić information content (AvgIpc) is 2.38. The molecule has 0 saturated carbocycles. The molecular formula is C17H19F2N. The molecule has 2 N–H and O–H groups in total. The molecule has 0 heterocycles. The number of hydrogen-bond acceptors (Lipinski definition) is 1. The predicted molar refractivity (Wildman–Crippen MR) is 77.6 cm³/mol. The van der Waals surface area contributed by atoms with E-state index in [0.717, 1.165) is 17.2 Å². The summed E-state index contributed by atoms with van der Waals surface area (Å²) in [7, 11) is 0. The average molecular weight is 275 g/mol. The van der Waals surface area contributed by atoms with Gasteiger partial charge in [-0.25, -0.2) is 8.78 Å². The van der Waals surface area contributed by atoms with E-state index in [2.05, 4.69) is 19.1 Å². The third-order valence-corrected chi connectivity index (χ3v) is 3.72. The summed E-state index contributed by atoms with van der Waals surface area (Å²) in [5, 5.41) is 0. The maximum Gasteiger partial charge on any atom is 0.159 e. The molecule has 0 fully saturated rings. The second-order valence-corrected chi connectivity index (χ2v) is 5.35. The fraction of sp³-hybridized carbons (Fsp3) is 0.294. The van der Waals surface area contributed by atoms with Crippen molar-refractivity contribution < 1.29 is 8.78 Å². The summed E-state index contributed by atoms with van der Waals surface area (Å²) in [5.74, 6) is -1.66. The van der Waals surface area contributed by atoms with Gasteiger partial charge in [-0.1, -0.05) is 18.2 Å². The number of halogens is 2. The van der Waals surface area contributed by atoms with E-state index >= 15 is 0 Å². The molecular weight excluding hydrogens is 256 g/mol. The van der Waals surface area contributed by atoms with E-state index in [4.69, 9.17) is 5.73 Å². The summed E-state index contributed by atoms with van der Waals surface area (Å²) in [6.45, 7) is 6.13. The molecule has 20 heavy (non-hydrogen) atoms. The van der Waals surface area contributed by atoms with Gasteiger partial charge in [-0.05, 0) is 67.1 Å². The fourth-order valence-electron chi connectivity index (χ4n) is 2.41. The van der Waals surface area contributed by atoms with Gasteiger partial charge in [-0.2, -0.15) is 0 Å². The molecule has 2 rings (SSSR count). The minimum atomic E-state index is -0.829. The first-order chi connectivity index (χ1) is 9.38. The van der Waals surface area contributed by atoms with E-state index in [1.165, 1.54) is 17.2 Å². The highest BCUT2D eigenvalue weighted by molar-refractivity contribution is 5.38. The summed E-state index contributed by atoms with van der Waals surface area (Å²) >= 11 is 0. The van der Waals surface area contributed by atoms with Gasteiger partial charge >= 0.3 is 0 Å². The molecule has 0 aliphatic heterocycles. The van der Waals surface area contributed by atoms with E-state index < -0.39 is 11.6 Å². The molecule has 3 heteroatoms. The third-order valence-electron chi connectivity index (χ3n) is 3.72. The van der Waals surface area contributed by atoms with Crippen molar-refractivity contribution in [1.82, 2.24) is 0 Å². The second kappa shape index (κ2) is 5.71. The molecule has 2 aromatic carbocycles. The molecule has 1 atom stereocenters. The van der Waals surface area contributed by atoms with E-state index in [9.17, 15) is 8.78 Å². The number of nitrogens with two attached hydrogens (primary N) is 1. The van der Waals surface area contributed by atoms with Gasteiger partial charge in [0.05, 0.1) is 0 Å². The smallest absolute Gasteiger partial charge is 0.159 e. The van der Waals surface area contributed by atoms with Crippen molar-refractivity contribution in [1.29, 1.82) is 0 Å². The zero-order chi connectivity index (χ0) is 14.9. The number of hydrogen-bond donors (Lipinski definition) is 1. The van der Waals surface area contributed by atoms with Crippen LogP contribution in [0.1, 0.15) is 33.9 Å².